The predicted molar refractivity (Wildman–Crippen MR) is 74.4 cm³/mol. The van der Waals surface area contributed by atoms with Crippen molar-refractivity contribution in [3.63, 3.8) is 0 Å². The van der Waals surface area contributed by atoms with Crippen molar-refractivity contribution < 1.29 is 9.47 Å². The van der Waals surface area contributed by atoms with Crippen LogP contribution in [0, 0.1) is 0 Å². The maximum absolute atomic E-state index is 5.72. The molecule has 3 nitrogen and oxygen atoms in total. The van der Waals surface area contributed by atoms with Crippen LogP contribution in [-0.4, -0.2) is 12.3 Å². The molecule has 0 amide bonds. The van der Waals surface area contributed by atoms with Crippen molar-refractivity contribution in [2.75, 3.05) is 11.9 Å². The zero-order valence-electron chi connectivity index (χ0n) is 11.6. The molecule has 0 radical (unpaired) electrons. The Bertz CT molecular complexity index is 401. The number of unbranched alkanes of at least 4 members (excludes halogenated alkanes) is 3. The quantitative estimate of drug-likeness (QED) is 0.767. The molecular formula is C15H23NO2. The van der Waals surface area contributed by atoms with Gasteiger partial charge in [-0.05, 0) is 18.6 Å². The third kappa shape index (κ3) is 3.31. The third-order valence-corrected chi connectivity index (χ3v) is 3.01. The zero-order valence-corrected chi connectivity index (χ0v) is 11.6. The zero-order chi connectivity index (χ0) is 13.0. The van der Waals surface area contributed by atoms with Gasteiger partial charge in [-0.2, -0.15) is 0 Å². The Morgan fingerprint density at radius 2 is 1.83 bits per heavy atom. The molecule has 0 aromatic heterocycles. The number of benzene rings is 1. The molecule has 0 saturated carbocycles. The van der Waals surface area contributed by atoms with Crippen LogP contribution < -0.4 is 14.8 Å². The Balaban J connectivity index is 1.85. The van der Waals surface area contributed by atoms with Gasteiger partial charge in [-0.25, -0.2) is 0 Å². The minimum Gasteiger partial charge on any atom is -0.449 e. The van der Waals surface area contributed by atoms with Gasteiger partial charge in [0.1, 0.15) is 0 Å². The van der Waals surface area contributed by atoms with Crippen molar-refractivity contribution in [3.05, 3.63) is 18.2 Å². The fourth-order valence-electron chi connectivity index (χ4n) is 2.12. The van der Waals surface area contributed by atoms with E-state index in [0.717, 1.165) is 23.7 Å². The van der Waals surface area contributed by atoms with E-state index >= 15 is 0 Å². The summed E-state index contributed by atoms with van der Waals surface area (Å²) in [7, 11) is 0. The number of nitrogens with one attached hydrogen (secondary N) is 1. The lowest BCUT2D eigenvalue weighted by Crippen LogP contribution is -2.29. The van der Waals surface area contributed by atoms with Crippen molar-refractivity contribution in [2.45, 2.75) is 52.2 Å². The molecule has 0 saturated heterocycles. The summed E-state index contributed by atoms with van der Waals surface area (Å²) in [6, 6.07) is 6.03. The van der Waals surface area contributed by atoms with Crippen LogP contribution in [0.4, 0.5) is 5.69 Å². The van der Waals surface area contributed by atoms with E-state index in [0.29, 0.717) is 0 Å². The molecule has 0 aliphatic carbocycles. The Hall–Kier alpha value is -1.38. The SMILES string of the molecule is CCCCCCNc1ccc2c(c1)OC(C)(C)O2. The Labute approximate surface area is 109 Å². The van der Waals surface area contributed by atoms with Gasteiger partial charge >= 0.3 is 0 Å². The predicted octanol–water partition coefficient (Wildman–Crippen LogP) is 4.19. The normalized spacial score (nSPS) is 15.7. The highest BCUT2D eigenvalue weighted by molar-refractivity contribution is 5.56. The van der Waals surface area contributed by atoms with Crippen LogP contribution in [0.1, 0.15) is 46.5 Å². The van der Waals surface area contributed by atoms with E-state index in [1.807, 2.05) is 32.0 Å². The van der Waals surface area contributed by atoms with E-state index in [-0.39, 0.29) is 0 Å². The first kappa shape index (κ1) is 13.1. The van der Waals surface area contributed by atoms with Crippen LogP contribution in [-0.2, 0) is 0 Å². The molecule has 0 fully saturated rings. The standard InChI is InChI=1S/C15H23NO2/c1-4-5-6-7-10-16-12-8-9-13-14(11-12)18-15(2,3)17-13/h8-9,11,16H,4-7,10H2,1-3H3. The van der Waals surface area contributed by atoms with Gasteiger partial charge < -0.3 is 14.8 Å². The first-order valence-corrected chi connectivity index (χ1v) is 6.87. The number of fused-ring (bicyclic) bond motifs is 1. The fourth-order valence-corrected chi connectivity index (χ4v) is 2.12. The Morgan fingerprint density at radius 3 is 2.61 bits per heavy atom. The average molecular weight is 249 g/mol. The molecule has 1 N–H and O–H groups in total. The highest BCUT2D eigenvalue weighted by Crippen LogP contribution is 2.40. The molecule has 1 aliphatic heterocycles. The number of anilines is 1. The molecule has 3 heteroatoms. The van der Waals surface area contributed by atoms with Crippen LogP contribution in [0.3, 0.4) is 0 Å². The van der Waals surface area contributed by atoms with Gasteiger partial charge in [0.25, 0.3) is 0 Å². The summed E-state index contributed by atoms with van der Waals surface area (Å²) in [5.41, 5.74) is 1.10. The monoisotopic (exact) mass is 249 g/mol. The lowest BCUT2D eigenvalue weighted by molar-refractivity contribution is -0.0431. The number of rotatable bonds is 6. The smallest absolute Gasteiger partial charge is 0.246 e. The van der Waals surface area contributed by atoms with Crippen LogP contribution in [0.5, 0.6) is 11.5 Å². The van der Waals surface area contributed by atoms with Gasteiger partial charge in [0.2, 0.25) is 5.79 Å². The summed E-state index contributed by atoms with van der Waals surface area (Å²) in [6.07, 6.45) is 5.10. The second-order valence-electron chi connectivity index (χ2n) is 5.25. The maximum atomic E-state index is 5.72. The molecule has 1 aromatic rings. The van der Waals surface area contributed by atoms with Gasteiger partial charge in [0.15, 0.2) is 11.5 Å². The molecule has 0 bridgehead atoms. The van der Waals surface area contributed by atoms with Gasteiger partial charge in [-0.3, -0.25) is 0 Å². The topological polar surface area (TPSA) is 30.5 Å². The van der Waals surface area contributed by atoms with Crippen molar-refractivity contribution in [1.82, 2.24) is 0 Å². The van der Waals surface area contributed by atoms with E-state index in [2.05, 4.69) is 12.2 Å². The first-order chi connectivity index (χ1) is 8.61. The van der Waals surface area contributed by atoms with Crippen molar-refractivity contribution >= 4 is 5.69 Å². The van der Waals surface area contributed by atoms with Crippen molar-refractivity contribution in [3.8, 4) is 11.5 Å². The second kappa shape index (κ2) is 5.51. The molecule has 0 spiro atoms. The van der Waals surface area contributed by atoms with E-state index in [1.165, 1.54) is 25.7 Å². The van der Waals surface area contributed by atoms with Crippen molar-refractivity contribution in [2.24, 2.45) is 0 Å². The highest BCUT2D eigenvalue weighted by atomic mass is 16.7. The minimum absolute atomic E-state index is 0.540. The van der Waals surface area contributed by atoms with Crippen LogP contribution >= 0.6 is 0 Å². The highest BCUT2D eigenvalue weighted by Gasteiger charge is 2.31. The Morgan fingerprint density at radius 1 is 1.06 bits per heavy atom. The summed E-state index contributed by atoms with van der Waals surface area (Å²) in [5.74, 6) is 1.12. The van der Waals surface area contributed by atoms with Crippen LogP contribution in [0.2, 0.25) is 0 Å². The molecule has 1 heterocycles. The first-order valence-electron chi connectivity index (χ1n) is 6.87. The van der Waals surface area contributed by atoms with Gasteiger partial charge in [0.05, 0.1) is 0 Å². The second-order valence-corrected chi connectivity index (χ2v) is 5.25. The number of hydrogen-bond donors (Lipinski definition) is 1. The molecule has 1 aromatic carbocycles. The summed E-state index contributed by atoms with van der Waals surface area (Å²) in [6.45, 7) is 7.09. The summed E-state index contributed by atoms with van der Waals surface area (Å²) in [4.78, 5) is 0. The van der Waals surface area contributed by atoms with Gasteiger partial charge in [-0.15, -0.1) is 0 Å². The molecule has 0 unspecified atom stereocenters. The lowest BCUT2D eigenvalue weighted by atomic mass is 10.2. The van der Waals surface area contributed by atoms with E-state index < -0.39 is 5.79 Å². The fraction of sp³-hybridized carbons (Fsp3) is 0.600. The van der Waals surface area contributed by atoms with E-state index in [1.54, 1.807) is 0 Å². The van der Waals surface area contributed by atoms with E-state index in [9.17, 15) is 0 Å². The summed E-state index contributed by atoms with van der Waals surface area (Å²) >= 11 is 0. The molecule has 100 valence electrons. The summed E-state index contributed by atoms with van der Waals surface area (Å²) < 4.78 is 11.4. The number of hydrogen-bond acceptors (Lipinski definition) is 3. The molecule has 18 heavy (non-hydrogen) atoms. The third-order valence-electron chi connectivity index (χ3n) is 3.01. The van der Waals surface area contributed by atoms with Gasteiger partial charge in [-0.1, -0.05) is 26.2 Å². The maximum Gasteiger partial charge on any atom is 0.246 e. The Kier molecular flexibility index (Phi) is 4.00. The summed E-state index contributed by atoms with van der Waals surface area (Å²) in [5, 5.41) is 3.43. The number of ether oxygens (including phenoxy) is 2. The largest absolute Gasteiger partial charge is 0.449 e. The van der Waals surface area contributed by atoms with Crippen LogP contribution in [0.15, 0.2) is 18.2 Å². The molecule has 1 aliphatic rings. The van der Waals surface area contributed by atoms with Crippen molar-refractivity contribution in [1.29, 1.82) is 0 Å². The van der Waals surface area contributed by atoms with Gasteiger partial charge in [0, 0.05) is 32.1 Å². The minimum atomic E-state index is -0.540. The van der Waals surface area contributed by atoms with Crippen LogP contribution in [0.25, 0.3) is 0 Å². The molecule has 2 rings (SSSR count). The lowest BCUT2D eigenvalue weighted by Gasteiger charge is -2.16. The average Bonchev–Trinajstić information content (AvgIpc) is 2.62. The van der Waals surface area contributed by atoms with E-state index in [4.69, 9.17) is 9.47 Å². The molecule has 0 atom stereocenters. The molecular weight excluding hydrogens is 226 g/mol.